The van der Waals surface area contributed by atoms with Crippen molar-refractivity contribution in [1.29, 1.82) is 5.26 Å². The average molecular weight is 284 g/mol. The van der Waals surface area contributed by atoms with E-state index in [1.165, 1.54) is 0 Å². The van der Waals surface area contributed by atoms with Gasteiger partial charge in [-0.25, -0.2) is 0 Å². The van der Waals surface area contributed by atoms with Gasteiger partial charge in [-0.1, -0.05) is 0 Å². The van der Waals surface area contributed by atoms with Crippen molar-refractivity contribution >= 4 is 5.82 Å². The molecule has 108 valence electrons. The summed E-state index contributed by atoms with van der Waals surface area (Å²) >= 11 is 0. The molecular formula is C15H16N4O2. The van der Waals surface area contributed by atoms with Crippen LogP contribution in [0, 0.1) is 11.3 Å². The third kappa shape index (κ3) is 3.38. The molecule has 0 radical (unpaired) electrons. The summed E-state index contributed by atoms with van der Waals surface area (Å²) in [6.07, 6.45) is 4.01. The molecular weight excluding hydrogens is 268 g/mol. The van der Waals surface area contributed by atoms with E-state index in [9.17, 15) is 0 Å². The summed E-state index contributed by atoms with van der Waals surface area (Å²) in [5.41, 5.74) is 0.314. The van der Waals surface area contributed by atoms with E-state index in [0.717, 1.165) is 37.6 Å². The van der Waals surface area contributed by atoms with Gasteiger partial charge in [0.15, 0.2) is 11.5 Å². The molecule has 1 saturated heterocycles. The van der Waals surface area contributed by atoms with Crippen LogP contribution >= 0.6 is 0 Å². The molecule has 6 heteroatoms. The summed E-state index contributed by atoms with van der Waals surface area (Å²) in [5.74, 6) is 1.58. The van der Waals surface area contributed by atoms with Crippen molar-refractivity contribution in [2.75, 3.05) is 18.1 Å². The maximum Gasteiger partial charge on any atom is 0.163 e. The summed E-state index contributed by atoms with van der Waals surface area (Å²) in [5, 5.41) is 16.8. The van der Waals surface area contributed by atoms with E-state index in [0.29, 0.717) is 12.2 Å². The highest BCUT2D eigenvalue weighted by Crippen LogP contribution is 2.19. The SMILES string of the molecule is N#Cc1ccc(N(Cc2ccco2)CC2CCCO2)nn1. The number of hydrogen-bond donors (Lipinski definition) is 0. The fourth-order valence-electron chi connectivity index (χ4n) is 2.42. The lowest BCUT2D eigenvalue weighted by molar-refractivity contribution is 0.115. The number of hydrogen-bond acceptors (Lipinski definition) is 6. The van der Waals surface area contributed by atoms with Crippen LogP contribution in [0.5, 0.6) is 0 Å². The molecule has 1 aliphatic rings. The maximum atomic E-state index is 8.80. The zero-order valence-corrected chi connectivity index (χ0v) is 11.6. The van der Waals surface area contributed by atoms with Crippen LogP contribution in [0.4, 0.5) is 5.82 Å². The molecule has 0 saturated carbocycles. The number of nitriles is 1. The number of rotatable bonds is 5. The Morgan fingerprint density at radius 1 is 1.33 bits per heavy atom. The van der Waals surface area contributed by atoms with Gasteiger partial charge in [0.1, 0.15) is 11.8 Å². The molecule has 2 aromatic rings. The van der Waals surface area contributed by atoms with Crippen molar-refractivity contribution < 1.29 is 9.15 Å². The van der Waals surface area contributed by atoms with Gasteiger partial charge in [-0.15, -0.1) is 10.2 Å². The Bertz CT molecular complexity index is 598. The highest BCUT2D eigenvalue weighted by Gasteiger charge is 2.21. The minimum atomic E-state index is 0.206. The lowest BCUT2D eigenvalue weighted by Crippen LogP contribution is -2.32. The summed E-state index contributed by atoms with van der Waals surface area (Å²) in [7, 11) is 0. The molecule has 0 spiro atoms. The smallest absolute Gasteiger partial charge is 0.163 e. The van der Waals surface area contributed by atoms with E-state index in [4.69, 9.17) is 14.4 Å². The Balaban J connectivity index is 1.77. The third-order valence-electron chi connectivity index (χ3n) is 3.46. The molecule has 1 unspecified atom stereocenters. The molecule has 1 fully saturated rings. The molecule has 0 aromatic carbocycles. The second kappa shape index (κ2) is 6.37. The van der Waals surface area contributed by atoms with Crippen LogP contribution in [0.1, 0.15) is 24.3 Å². The Labute approximate surface area is 123 Å². The summed E-state index contributed by atoms with van der Waals surface area (Å²) in [4.78, 5) is 2.07. The first-order valence-corrected chi connectivity index (χ1v) is 6.98. The van der Waals surface area contributed by atoms with Crippen molar-refractivity contribution in [3.05, 3.63) is 42.0 Å². The molecule has 0 N–H and O–H groups in total. The van der Waals surface area contributed by atoms with E-state index in [1.807, 2.05) is 24.3 Å². The summed E-state index contributed by atoms with van der Waals surface area (Å²) in [6.45, 7) is 2.16. The van der Waals surface area contributed by atoms with Crippen molar-refractivity contribution in [3.63, 3.8) is 0 Å². The summed E-state index contributed by atoms with van der Waals surface area (Å²) < 4.78 is 11.1. The average Bonchev–Trinajstić information content (AvgIpc) is 3.20. The van der Waals surface area contributed by atoms with Gasteiger partial charge in [0, 0.05) is 13.2 Å². The van der Waals surface area contributed by atoms with E-state index in [-0.39, 0.29) is 6.10 Å². The first kappa shape index (κ1) is 13.6. The first-order valence-electron chi connectivity index (χ1n) is 6.98. The van der Waals surface area contributed by atoms with Gasteiger partial charge < -0.3 is 14.1 Å². The molecule has 6 nitrogen and oxygen atoms in total. The standard InChI is InChI=1S/C15H16N4O2/c16-9-12-5-6-15(18-17-12)19(10-13-3-1-7-20-13)11-14-4-2-8-21-14/h1,3,5-7,14H,2,4,8,10-11H2. The van der Waals surface area contributed by atoms with E-state index in [2.05, 4.69) is 15.1 Å². The predicted molar refractivity (Wildman–Crippen MR) is 75.5 cm³/mol. The topological polar surface area (TPSA) is 75.2 Å². The monoisotopic (exact) mass is 284 g/mol. The fraction of sp³-hybridized carbons (Fsp3) is 0.400. The predicted octanol–water partition coefficient (Wildman–Crippen LogP) is 2.13. The molecule has 0 bridgehead atoms. The minimum absolute atomic E-state index is 0.206. The van der Waals surface area contributed by atoms with Gasteiger partial charge in [-0.2, -0.15) is 5.26 Å². The normalized spacial score (nSPS) is 17.6. The maximum absolute atomic E-state index is 8.80. The second-order valence-electron chi connectivity index (χ2n) is 4.98. The van der Waals surface area contributed by atoms with E-state index in [1.54, 1.807) is 12.3 Å². The second-order valence-corrected chi connectivity index (χ2v) is 4.98. The van der Waals surface area contributed by atoms with Crippen LogP contribution in [0.25, 0.3) is 0 Å². The fourth-order valence-corrected chi connectivity index (χ4v) is 2.42. The number of nitrogens with zero attached hydrogens (tertiary/aromatic N) is 4. The van der Waals surface area contributed by atoms with Crippen molar-refractivity contribution in [2.24, 2.45) is 0 Å². The molecule has 0 amide bonds. The van der Waals surface area contributed by atoms with Gasteiger partial charge in [-0.3, -0.25) is 0 Å². The molecule has 3 rings (SSSR count). The summed E-state index contributed by atoms with van der Waals surface area (Å²) in [6, 6.07) is 9.25. The lowest BCUT2D eigenvalue weighted by Gasteiger charge is -2.25. The van der Waals surface area contributed by atoms with Crippen LogP contribution in [-0.2, 0) is 11.3 Å². The van der Waals surface area contributed by atoms with Crippen LogP contribution in [-0.4, -0.2) is 29.5 Å². The van der Waals surface area contributed by atoms with Gasteiger partial charge in [0.2, 0.25) is 0 Å². The van der Waals surface area contributed by atoms with Gasteiger partial charge in [0.25, 0.3) is 0 Å². The zero-order valence-electron chi connectivity index (χ0n) is 11.6. The Hall–Kier alpha value is -2.39. The molecule has 1 atom stereocenters. The molecule has 1 aliphatic heterocycles. The van der Waals surface area contributed by atoms with Crippen LogP contribution < -0.4 is 4.90 Å². The first-order chi connectivity index (χ1) is 10.3. The Morgan fingerprint density at radius 2 is 2.29 bits per heavy atom. The van der Waals surface area contributed by atoms with Crippen molar-refractivity contribution in [1.82, 2.24) is 10.2 Å². The highest BCUT2D eigenvalue weighted by atomic mass is 16.5. The third-order valence-corrected chi connectivity index (χ3v) is 3.46. The lowest BCUT2D eigenvalue weighted by atomic mass is 10.2. The number of anilines is 1. The molecule has 3 heterocycles. The Morgan fingerprint density at radius 3 is 2.90 bits per heavy atom. The van der Waals surface area contributed by atoms with Crippen LogP contribution in [0.15, 0.2) is 34.9 Å². The van der Waals surface area contributed by atoms with Crippen molar-refractivity contribution in [2.45, 2.75) is 25.5 Å². The zero-order chi connectivity index (χ0) is 14.5. The number of ether oxygens (including phenoxy) is 1. The van der Waals surface area contributed by atoms with Gasteiger partial charge in [-0.05, 0) is 37.1 Å². The number of aromatic nitrogens is 2. The largest absolute Gasteiger partial charge is 0.467 e. The minimum Gasteiger partial charge on any atom is -0.467 e. The van der Waals surface area contributed by atoms with E-state index >= 15 is 0 Å². The van der Waals surface area contributed by atoms with Gasteiger partial charge in [0.05, 0.1) is 18.9 Å². The Kier molecular flexibility index (Phi) is 4.12. The quantitative estimate of drug-likeness (QED) is 0.837. The van der Waals surface area contributed by atoms with E-state index < -0.39 is 0 Å². The van der Waals surface area contributed by atoms with Gasteiger partial charge >= 0.3 is 0 Å². The van der Waals surface area contributed by atoms with Crippen LogP contribution in [0.3, 0.4) is 0 Å². The highest BCUT2D eigenvalue weighted by molar-refractivity contribution is 5.39. The molecule has 21 heavy (non-hydrogen) atoms. The molecule has 0 aliphatic carbocycles. The number of furan rings is 1. The van der Waals surface area contributed by atoms with Crippen LogP contribution in [0.2, 0.25) is 0 Å². The van der Waals surface area contributed by atoms with Crippen molar-refractivity contribution in [3.8, 4) is 6.07 Å². The molecule has 2 aromatic heterocycles.